The van der Waals surface area contributed by atoms with Crippen LogP contribution in [0.3, 0.4) is 0 Å². The minimum absolute atomic E-state index is 0.0353. The molecule has 1 aromatic rings. The molecule has 0 spiro atoms. The Balaban J connectivity index is 2.13. The fraction of sp³-hybridized carbons (Fsp3) is 0.455. The summed E-state index contributed by atoms with van der Waals surface area (Å²) >= 11 is 3.17. The van der Waals surface area contributed by atoms with Gasteiger partial charge in [0.15, 0.2) is 0 Å². The summed E-state index contributed by atoms with van der Waals surface area (Å²) in [6.45, 7) is 0. The van der Waals surface area contributed by atoms with Gasteiger partial charge in [-0.3, -0.25) is 4.84 Å². The second-order valence-electron chi connectivity index (χ2n) is 4.39. The molecule has 1 N–H and O–H groups in total. The summed E-state index contributed by atoms with van der Waals surface area (Å²) in [6.07, 6.45) is -2.39. The molecule has 2 fully saturated rings. The van der Waals surface area contributed by atoms with Crippen molar-refractivity contribution >= 4 is 15.9 Å². The van der Waals surface area contributed by atoms with E-state index in [1.807, 2.05) is 0 Å². The summed E-state index contributed by atoms with van der Waals surface area (Å²) < 4.78 is 41.0. The van der Waals surface area contributed by atoms with Crippen LogP contribution in [0.25, 0.3) is 0 Å². The van der Waals surface area contributed by atoms with E-state index in [9.17, 15) is 13.2 Å². The maximum absolute atomic E-state index is 13.8. The van der Waals surface area contributed by atoms with Crippen molar-refractivity contribution in [2.45, 2.75) is 24.5 Å². The number of halogens is 4. The number of benzene rings is 1. The van der Waals surface area contributed by atoms with Crippen molar-refractivity contribution in [3.8, 4) is 0 Å². The zero-order chi connectivity index (χ0) is 12.2. The van der Waals surface area contributed by atoms with Gasteiger partial charge in [-0.2, -0.15) is 5.48 Å². The monoisotopic (exact) mass is 307 g/mol. The van der Waals surface area contributed by atoms with Crippen LogP contribution in [0, 0.1) is 11.7 Å². The average Bonchev–Trinajstić information content (AvgIpc) is 2.97. The van der Waals surface area contributed by atoms with Crippen molar-refractivity contribution in [1.82, 2.24) is 5.48 Å². The third kappa shape index (κ3) is 1.54. The highest BCUT2D eigenvalue weighted by molar-refractivity contribution is 9.10. The van der Waals surface area contributed by atoms with Gasteiger partial charge in [-0.25, -0.2) is 13.2 Å². The Morgan fingerprint density at radius 3 is 2.76 bits per heavy atom. The van der Waals surface area contributed by atoms with Crippen molar-refractivity contribution in [1.29, 1.82) is 0 Å². The maximum atomic E-state index is 13.8. The first kappa shape index (κ1) is 11.5. The second kappa shape index (κ2) is 3.70. The van der Waals surface area contributed by atoms with Crippen molar-refractivity contribution in [3.05, 3.63) is 34.1 Å². The first-order chi connectivity index (χ1) is 8.05. The molecule has 6 heteroatoms. The molecule has 1 aliphatic heterocycles. The molecule has 0 bridgehead atoms. The van der Waals surface area contributed by atoms with Crippen LogP contribution in [0.5, 0.6) is 0 Å². The summed E-state index contributed by atoms with van der Waals surface area (Å²) in [4.78, 5) is 5.04. The topological polar surface area (TPSA) is 21.3 Å². The average molecular weight is 308 g/mol. The van der Waals surface area contributed by atoms with Gasteiger partial charge >= 0.3 is 0 Å². The van der Waals surface area contributed by atoms with Crippen LogP contribution in [0.1, 0.15) is 12.0 Å². The number of rotatable bonds is 2. The highest BCUT2D eigenvalue weighted by Crippen LogP contribution is 2.55. The molecule has 0 radical (unpaired) electrons. The van der Waals surface area contributed by atoms with E-state index in [-0.39, 0.29) is 17.6 Å². The molecule has 2 nitrogen and oxygen atoms in total. The van der Waals surface area contributed by atoms with Crippen molar-refractivity contribution in [2.75, 3.05) is 0 Å². The van der Waals surface area contributed by atoms with Gasteiger partial charge in [-0.1, -0.05) is 15.9 Å². The van der Waals surface area contributed by atoms with Gasteiger partial charge in [-0.15, -0.1) is 0 Å². The van der Waals surface area contributed by atoms with Gasteiger partial charge in [0.1, 0.15) is 11.4 Å². The molecule has 1 saturated carbocycles. The van der Waals surface area contributed by atoms with Crippen LogP contribution in [0.15, 0.2) is 22.7 Å². The van der Waals surface area contributed by atoms with Gasteiger partial charge in [0.2, 0.25) is 0 Å². The van der Waals surface area contributed by atoms with Gasteiger partial charge < -0.3 is 0 Å². The molecule has 3 rings (SSSR count). The van der Waals surface area contributed by atoms with E-state index in [0.717, 1.165) is 0 Å². The van der Waals surface area contributed by atoms with E-state index in [1.54, 1.807) is 0 Å². The van der Waals surface area contributed by atoms with Crippen molar-refractivity contribution in [3.63, 3.8) is 0 Å². The Hall–Kier alpha value is -0.590. The molecule has 0 aromatic heterocycles. The van der Waals surface area contributed by atoms with E-state index in [1.165, 1.54) is 18.2 Å². The molecular weight excluding hydrogens is 299 g/mol. The highest BCUT2D eigenvalue weighted by atomic mass is 79.9. The van der Waals surface area contributed by atoms with E-state index in [2.05, 4.69) is 21.4 Å². The molecular formula is C11H9BrF3NO. The summed E-state index contributed by atoms with van der Waals surface area (Å²) in [5.41, 5.74) is 0.598. The lowest BCUT2D eigenvalue weighted by molar-refractivity contribution is -0.0567. The quantitative estimate of drug-likeness (QED) is 0.907. The SMILES string of the molecule is Fc1ccc(Br)cc1[C@@]1(C(F)F)NOC2C[C@@H]21. The normalized spacial score (nSPS) is 35.1. The third-order valence-corrected chi connectivity index (χ3v) is 3.91. The number of hydrogen-bond donors (Lipinski definition) is 1. The molecule has 92 valence electrons. The number of nitrogens with one attached hydrogen (secondary N) is 1. The van der Waals surface area contributed by atoms with Gasteiger partial charge in [-0.05, 0) is 24.6 Å². The van der Waals surface area contributed by atoms with E-state index < -0.39 is 17.8 Å². The largest absolute Gasteiger partial charge is 0.297 e. The zero-order valence-electron chi connectivity index (χ0n) is 8.59. The number of fused-ring (bicyclic) bond motifs is 1. The number of hydroxylamine groups is 1. The van der Waals surface area contributed by atoms with Gasteiger partial charge in [0, 0.05) is 16.0 Å². The van der Waals surface area contributed by atoms with Gasteiger partial charge in [0.05, 0.1) is 6.10 Å². The lowest BCUT2D eigenvalue weighted by Gasteiger charge is -2.30. The molecule has 1 heterocycles. The summed E-state index contributed by atoms with van der Waals surface area (Å²) in [5.74, 6) is -0.997. The summed E-state index contributed by atoms with van der Waals surface area (Å²) in [5, 5.41) is 0. The van der Waals surface area contributed by atoms with E-state index >= 15 is 0 Å². The molecule has 1 unspecified atom stereocenters. The Morgan fingerprint density at radius 1 is 1.47 bits per heavy atom. The van der Waals surface area contributed by atoms with Crippen molar-refractivity contribution < 1.29 is 18.0 Å². The van der Waals surface area contributed by atoms with Crippen LogP contribution in [-0.2, 0) is 10.4 Å². The molecule has 0 amide bonds. The van der Waals surface area contributed by atoms with Crippen LogP contribution in [0.2, 0.25) is 0 Å². The van der Waals surface area contributed by atoms with Gasteiger partial charge in [0.25, 0.3) is 6.43 Å². The predicted molar refractivity (Wildman–Crippen MR) is 57.9 cm³/mol. The predicted octanol–water partition coefficient (Wildman–Crippen LogP) is 2.97. The van der Waals surface area contributed by atoms with Crippen LogP contribution in [-0.4, -0.2) is 12.5 Å². The molecule has 3 atom stereocenters. The Kier molecular flexibility index (Phi) is 2.50. The van der Waals surface area contributed by atoms with E-state index in [4.69, 9.17) is 4.84 Å². The molecule has 1 aliphatic carbocycles. The minimum Gasteiger partial charge on any atom is -0.297 e. The lowest BCUT2D eigenvalue weighted by atomic mass is 9.86. The minimum atomic E-state index is -2.72. The molecule has 17 heavy (non-hydrogen) atoms. The Labute approximate surface area is 104 Å². The fourth-order valence-electron chi connectivity index (χ4n) is 2.42. The lowest BCUT2D eigenvalue weighted by Crippen LogP contribution is -2.47. The second-order valence-corrected chi connectivity index (χ2v) is 5.31. The fourth-order valence-corrected chi connectivity index (χ4v) is 2.78. The molecule has 2 aliphatic rings. The van der Waals surface area contributed by atoms with Crippen LogP contribution in [0.4, 0.5) is 13.2 Å². The van der Waals surface area contributed by atoms with Crippen LogP contribution < -0.4 is 5.48 Å². The molecule has 1 aromatic carbocycles. The Bertz CT molecular complexity index is 470. The smallest absolute Gasteiger partial charge is 0.263 e. The van der Waals surface area contributed by atoms with Crippen LogP contribution >= 0.6 is 15.9 Å². The summed E-state index contributed by atoms with van der Waals surface area (Å²) in [7, 11) is 0. The first-order valence-electron chi connectivity index (χ1n) is 5.22. The standard InChI is InChI=1S/C11H9BrF3NO/c12-5-1-2-8(13)6(3-5)11(10(14)15)7-4-9(7)17-16-11/h1-3,7,9-10,16H,4H2/t7-,9?,11+/m0/s1. The number of alkyl halides is 2. The first-order valence-corrected chi connectivity index (χ1v) is 6.01. The Morgan fingerprint density at radius 2 is 2.24 bits per heavy atom. The molecule has 1 saturated heterocycles. The zero-order valence-corrected chi connectivity index (χ0v) is 10.2. The van der Waals surface area contributed by atoms with Crippen molar-refractivity contribution in [2.24, 2.45) is 5.92 Å². The van der Waals surface area contributed by atoms with E-state index in [0.29, 0.717) is 10.9 Å². The summed E-state index contributed by atoms with van der Waals surface area (Å²) in [6, 6.07) is 4.05. The number of hydrogen-bond acceptors (Lipinski definition) is 2. The maximum Gasteiger partial charge on any atom is 0.263 e. The highest BCUT2D eigenvalue weighted by Gasteiger charge is 2.66. The third-order valence-electron chi connectivity index (χ3n) is 3.41.